The third kappa shape index (κ3) is 4.43. The zero-order chi connectivity index (χ0) is 22.8. The summed E-state index contributed by atoms with van der Waals surface area (Å²) in [6.07, 6.45) is 4.40. The zero-order valence-corrected chi connectivity index (χ0v) is 19.3. The molecule has 2 aromatic heterocycles. The first kappa shape index (κ1) is 22.1. The molecular weight excluding hydrogens is 428 g/mol. The summed E-state index contributed by atoms with van der Waals surface area (Å²) < 4.78 is 7.20. The Bertz CT molecular complexity index is 1160. The van der Waals surface area contributed by atoms with Crippen molar-refractivity contribution in [3.8, 4) is 11.3 Å². The van der Waals surface area contributed by atoms with E-state index in [2.05, 4.69) is 0 Å². The van der Waals surface area contributed by atoms with Gasteiger partial charge in [-0.2, -0.15) is 0 Å². The number of piperazine rings is 1. The first-order valence-electron chi connectivity index (χ1n) is 10.8. The summed E-state index contributed by atoms with van der Waals surface area (Å²) in [4.78, 5) is 33.6. The van der Waals surface area contributed by atoms with Crippen molar-refractivity contribution in [2.24, 2.45) is 7.05 Å². The lowest BCUT2D eigenvalue weighted by atomic mass is 10.1. The fourth-order valence-corrected chi connectivity index (χ4v) is 4.25. The van der Waals surface area contributed by atoms with E-state index in [1.807, 2.05) is 56.1 Å². The zero-order valence-electron chi connectivity index (χ0n) is 18.5. The molecule has 0 spiro atoms. The van der Waals surface area contributed by atoms with E-state index < -0.39 is 0 Å². The third-order valence-corrected chi connectivity index (χ3v) is 6.03. The number of hydrogen-bond donors (Lipinski definition) is 0. The van der Waals surface area contributed by atoms with Crippen LogP contribution in [0, 0.1) is 0 Å². The van der Waals surface area contributed by atoms with Gasteiger partial charge in [0, 0.05) is 61.6 Å². The molecular formula is C24H27ClN4O3. The molecule has 1 fully saturated rings. The van der Waals surface area contributed by atoms with Gasteiger partial charge in [0.2, 0.25) is 0 Å². The Morgan fingerprint density at radius 3 is 2.72 bits per heavy atom. The second-order valence-corrected chi connectivity index (χ2v) is 8.60. The van der Waals surface area contributed by atoms with Gasteiger partial charge in [-0.25, -0.2) is 9.78 Å². The first-order chi connectivity index (χ1) is 15.4. The Kier molecular flexibility index (Phi) is 6.37. The van der Waals surface area contributed by atoms with E-state index in [1.165, 1.54) is 0 Å². The smallest absolute Gasteiger partial charge is 0.410 e. The number of pyridine rings is 1. The van der Waals surface area contributed by atoms with Crippen molar-refractivity contribution in [2.75, 3.05) is 26.2 Å². The molecule has 1 aliphatic rings. The summed E-state index contributed by atoms with van der Waals surface area (Å²) >= 11 is 6.51. The maximum Gasteiger partial charge on any atom is 0.410 e. The average Bonchev–Trinajstić information content (AvgIpc) is 3.22. The third-order valence-electron chi connectivity index (χ3n) is 5.71. The maximum absolute atomic E-state index is 13.2. The van der Waals surface area contributed by atoms with Crippen molar-refractivity contribution in [2.45, 2.75) is 26.3 Å². The molecule has 4 rings (SSSR count). The van der Waals surface area contributed by atoms with Crippen LogP contribution in [0.5, 0.6) is 0 Å². The quantitative estimate of drug-likeness (QED) is 0.578. The summed E-state index contributed by atoms with van der Waals surface area (Å²) in [5.74, 6) is -0.0802. The highest BCUT2D eigenvalue weighted by molar-refractivity contribution is 6.35. The van der Waals surface area contributed by atoms with Crippen molar-refractivity contribution < 1.29 is 14.3 Å². The van der Waals surface area contributed by atoms with Crippen LogP contribution in [0.1, 0.15) is 30.6 Å². The number of halogens is 1. The number of nitrogens with zero attached hydrogens (tertiary/aromatic N) is 4. The molecule has 0 N–H and O–H groups in total. The normalized spacial score (nSPS) is 16.4. The lowest BCUT2D eigenvalue weighted by molar-refractivity contribution is 0.0412. The van der Waals surface area contributed by atoms with Crippen LogP contribution < -0.4 is 0 Å². The van der Waals surface area contributed by atoms with Gasteiger partial charge < -0.3 is 19.1 Å². The van der Waals surface area contributed by atoms with Crippen LogP contribution in [0.4, 0.5) is 4.79 Å². The molecule has 3 aromatic rings. The van der Waals surface area contributed by atoms with Crippen molar-refractivity contribution in [3.05, 3.63) is 53.3 Å². The molecule has 168 valence electrons. The van der Waals surface area contributed by atoms with Crippen LogP contribution in [0.15, 0.2) is 42.7 Å². The summed E-state index contributed by atoms with van der Waals surface area (Å²) in [5, 5.41) is 1.40. The van der Waals surface area contributed by atoms with Crippen LogP contribution in [0.25, 0.3) is 22.2 Å². The number of benzene rings is 1. The Balaban J connectivity index is 1.54. The molecule has 7 nitrogen and oxygen atoms in total. The minimum absolute atomic E-state index is 0.0802. The Labute approximate surface area is 192 Å². The SMILES string of the molecule is CCCOC(=O)N1CCN(C(=O)c2ccc3c(Cl)cc(-c4ccn(C)c4)nc3c2)CC1C. The van der Waals surface area contributed by atoms with Crippen molar-refractivity contribution >= 4 is 34.5 Å². The van der Waals surface area contributed by atoms with Gasteiger partial charge in [0.1, 0.15) is 0 Å². The van der Waals surface area contributed by atoms with Gasteiger partial charge in [-0.15, -0.1) is 0 Å². The average molecular weight is 455 g/mol. The largest absolute Gasteiger partial charge is 0.449 e. The number of aromatic nitrogens is 2. The minimum Gasteiger partial charge on any atom is -0.449 e. The standard InChI is InChI=1S/C24H27ClN4O3/c1-4-11-32-24(31)29-10-9-28(14-16(29)2)23(30)17-5-6-19-20(25)13-21(26-22(19)12-17)18-7-8-27(3)15-18/h5-8,12-13,15-16H,4,9-11,14H2,1-3H3. The Morgan fingerprint density at radius 2 is 2.03 bits per heavy atom. The van der Waals surface area contributed by atoms with Crippen LogP contribution in [0.2, 0.25) is 5.02 Å². The molecule has 0 bridgehead atoms. The second-order valence-electron chi connectivity index (χ2n) is 8.19. The molecule has 0 radical (unpaired) electrons. The lowest BCUT2D eigenvalue weighted by Crippen LogP contribution is -2.55. The molecule has 0 saturated carbocycles. The Morgan fingerprint density at radius 1 is 1.22 bits per heavy atom. The Hall–Kier alpha value is -3.06. The number of carbonyl (C=O) groups is 2. The second kappa shape index (κ2) is 9.20. The molecule has 1 aromatic carbocycles. The van der Waals surface area contributed by atoms with E-state index in [-0.39, 0.29) is 18.0 Å². The highest BCUT2D eigenvalue weighted by atomic mass is 35.5. The predicted octanol–water partition coefficient (Wildman–Crippen LogP) is 4.59. The van der Waals surface area contributed by atoms with Crippen molar-refractivity contribution in [1.82, 2.24) is 19.4 Å². The molecule has 1 unspecified atom stereocenters. The van der Waals surface area contributed by atoms with Gasteiger partial charge in [-0.1, -0.05) is 24.6 Å². The number of hydrogen-bond acceptors (Lipinski definition) is 4. The van der Waals surface area contributed by atoms with Crippen LogP contribution in [-0.4, -0.2) is 63.6 Å². The molecule has 0 aliphatic carbocycles. The summed E-state index contributed by atoms with van der Waals surface area (Å²) in [7, 11) is 1.95. The topological polar surface area (TPSA) is 67.7 Å². The van der Waals surface area contributed by atoms with Gasteiger partial charge in [0.05, 0.1) is 22.8 Å². The molecule has 1 aliphatic heterocycles. The van der Waals surface area contributed by atoms with Gasteiger partial charge in [0.25, 0.3) is 5.91 Å². The van der Waals surface area contributed by atoms with Gasteiger partial charge in [0.15, 0.2) is 0 Å². The summed E-state index contributed by atoms with van der Waals surface area (Å²) in [6, 6.07) is 9.13. The lowest BCUT2D eigenvalue weighted by Gasteiger charge is -2.39. The van der Waals surface area contributed by atoms with Crippen molar-refractivity contribution in [3.63, 3.8) is 0 Å². The number of amides is 2. The summed E-state index contributed by atoms with van der Waals surface area (Å²) in [5.41, 5.74) is 2.96. The van der Waals surface area contributed by atoms with Crippen LogP contribution in [0.3, 0.4) is 0 Å². The molecule has 32 heavy (non-hydrogen) atoms. The highest BCUT2D eigenvalue weighted by Crippen LogP contribution is 2.29. The van der Waals surface area contributed by atoms with Crippen LogP contribution in [-0.2, 0) is 11.8 Å². The monoisotopic (exact) mass is 454 g/mol. The van der Waals surface area contributed by atoms with Crippen molar-refractivity contribution in [1.29, 1.82) is 0 Å². The predicted molar refractivity (Wildman–Crippen MR) is 125 cm³/mol. The molecule has 1 saturated heterocycles. The first-order valence-corrected chi connectivity index (χ1v) is 11.2. The highest BCUT2D eigenvalue weighted by Gasteiger charge is 2.31. The number of rotatable bonds is 4. The van der Waals surface area contributed by atoms with E-state index in [0.717, 1.165) is 23.1 Å². The van der Waals surface area contributed by atoms with Gasteiger partial charge in [-0.05, 0) is 37.6 Å². The van der Waals surface area contributed by atoms with E-state index in [9.17, 15) is 9.59 Å². The summed E-state index contributed by atoms with van der Waals surface area (Å²) in [6.45, 7) is 5.66. The van der Waals surface area contributed by atoms with Crippen LogP contribution >= 0.6 is 11.6 Å². The fraction of sp³-hybridized carbons (Fsp3) is 0.375. The van der Waals surface area contributed by atoms with E-state index in [1.54, 1.807) is 21.9 Å². The number of carbonyl (C=O) groups excluding carboxylic acids is 2. The number of fused-ring (bicyclic) bond motifs is 1. The molecule has 1 atom stereocenters. The van der Waals surface area contributed by atoms with Gasteiger partial charge >= 0.3 is 6.09 Å². The number of aryl methyl sites for hydroxylation is 1. The van der Waals surface area contributed by atoms with E-state index in [0.29, 0.717) is 42.3 Å². The van der Waals surface area contributed by atoms with Gasteiger partial charge in [-0.3, -0.25) is 4.79 Å². The fourth-order valence-electron chi connectivity index (χ4n) is 3.99. The number of ether oxygens (including phenoxy) is 1. The molecule has 3 heterocycles. The molecule has 8 heteroatoms. The molecule has 2 amide bonds. The van der Waals surface area contributed by atoms with E-state index >= 15 is 0 Å². The maximum atomic E-state index is 13.2. The minimum atomic E-state index is -0.315. The van der Waals surface area contributed by atoms with E-state index in [4.69, 9.17) is 21.3 Å².